The first-order valence-electron chi connectivity index (χ1n) is 4.92. The average Bonchev–Trinajstić information content (AvgIpc) is 2.70. The zero-order chi connectivity index (χ0) is 11.1. The third-order valence-corrected chi connectivity index (χ3v) is 3.56. The van der Waals surface area contributed by atoms with E-state index in [0.29, 0.717) is 5.41 Å². The van der Waals surface area contributed by atoms with E-state index in [4.69, 9.17) is 5.11 Å². The molecule has 0 spiro atoms. The van der Waals surface area contributed by atoms with Crippen molar-refractivity contribution in [2.24, 2.45) is 5.41 Å². The van der Waals surface area contributed by atoms with Crippen molar-refractivity contribution >= 4 is 22.4 Å². The lowest BCUT2D eigenvalue weighted by atomic mass is 9.93. The summed E-state index contributed by atoms with van der Waals surface area (Å²) < 4.78 is 0. The summed E-state index contributed by atoms with van der Waals surface area (Å²) in [7, 11) is 0. The highest BCUT2D eigenvalue weighted by Gasteiger charge is 2.30. The van der Waals surface area contributed by atoms with E-state index in [-0.39, 0.29) is 5.69 Å². The molecule has 2 heterocycles. The van der Waals surface area contributed by atoms with Gasteiger partial charge in [-0.2, -0.15) is 0 Å². The lowest BCUT2D eigenvalue weighted by Gasteiger charge is -2.18. The molecule has 0 atom stereocenters. The van der Waals surface area contributed by atoms with Crippen LogP contribution in [0.1, 0.15) is 30.8 Å². The van der Waals surface area contributed by atoms with Crippen LogP contribution < -0.4 is 4.90 Å². The minimum absolute atomic E-state index is 0.153. The summed E-state index contributed by atoms with van der Waals surface area (Å²) in [4.78, 5) is 16.9. The van der Waals surface area contributed by atoms with E-state index in [1.54, 1.807) is 5.38 Å². The fraction of sp³-hybridized carbons (Fsp3) is 0.600. The van der Waals surface area contributed by atoms with Crippen molar-refractivity contribution in [3.63, 3.8) is 0 Å². The van der Waals surface area contributed by atoms with Gasteiger partial charge in [-0.1, -0.05) is 13.8 Å². The van der Waals surface area contributed by atoms with Crippen LogP contribution in [-0.2, 0) is 0 Å². The molecule has 0 amide bonds. The zero-order valence-electron chi connectivity index (χ0n) is 8.86. The summed E-state index contributed by atoms with van der Waals surface area (Å²) in [5.74, 6) is -0.948. The first kappa shape index (κ1) is 10.4. The van der Waals surface area contributed by atoms with E-state index in [1.165, 1.54) is 11.3 Å². The Balaban J connectivity index is 2.14. The van der Waals surface area contributed by atoms with Crippen molar-refractivity contribution in [2.75, 3.05) is 18.0 Å². The first-order chi connectivity index (χ1) is 6.98. The Morgan fingerprint density at radius 1 is 1.67 bits per heavy atom. The van der Waals surface area contributed by atoms with Gasteiger partial charge in [0, 0.05) is 18.5 Å². The van der Waals surface area contributed by atoms with Gasteiger partial charge in [0.25, 0.3) is 0 Å². The Hall–Kier alpha value is -1.10. The smallest absolute Gasteiger partial charge is 0.355 e. The first-order valence-corrected chi connectivity index (χ1v) is 5.80. The monoisotopic (exact) mass is 226 g/mol. The molecule has 0 unspecified atom stereocenters. The van der Waals surface area contributed by atoms with Crippen LogP contribution in [0.3, 0.4) is 0 Å². The van der Waals surface area contributed by atoms with Crippen LogP contribution in [0, 0.1) is 5.41 Å². The highest BCUT2D eigenvalue weighted by Crippen LogP contribution is 2.33. The van der Waals surface area contributed by atoms with Crippen LogP contribution in [0.2, 0.25) is 0 Å². The lowest BCUT2D eigenvalue weighted by molar-refractivity contribution is 0.0691. The molecule has 1 saturated heterocycles. The molecule has 1 aliphatic heterocycles. The van der Waals surface area contributed by atoms with E-state index in [9.17, 15) is 4.79 Å². The molecule has 1 N–H and O–H groups in total. The maximum absolute atomic E-state index is 10.7. The minimum Gasteiger partial charge on any atom is -0.476 e. The molecule has 82 valence electrons. The molecule has 0 radical (unpaired) electrons. The molecule has 0 aromatic carbocycles. The number of carboxylic acids is 1. The van der Waals surface area contributed by atoms with Crippen molar-refractivity contribution in [1.29, 1.82) is 0 Å². The van der Waals surface area contributed by atoms with Gasteiger partial charge in [0.15, 0.2) is 10.8 Å². The Labute approximate surface area is 92.6 Å². The molecule has 5 heteroatoms. The fourth-order valence-corrected chi connectivity index (χ4v) is 2.61. The van der Waals surface area contributed by atoms with Crippen LogP contribution in [0.15, 0.2) is 5.38 Å². The molecule has 1 aromatic rings. The number of aromatic nitrogens is 1. The van der Waals surface area contributed by atoms with Crippen LogP contribution in [-0.4, -0.2) is 29.1 Å². The van der Waals surface area contributed by atoms with Crippen molar-refractivity contribution in [3.05, 3.63) is 11.1 Å². The fourth-order valence-electron chi connectivity index (χ4n) is 1.78. The highest BCUT2D eigenvalue weighted by molar-refractivity contribution is 7.13. The third kappa shape index (κ3) is 2.12. The normalized spacial score (nSPS) is 19.5. The number of hydrogen-bond acceptors (Lipinski definition) is 4. The number of carbonyl (C=O) groups is 1. The van der Waals surface area contributed by atoms with Gasteiger partial charge in [-0.05, 0) is 11.8 Å². The van der Waals surface area contributed by atoms with Gasteiger partial charge >= 0.3 is 5.97 Å². The van der Waals surface area contributed by atoms with Crippen LogP contribution >= 0.6 is 11.3 Å². The quantitative estimate of drug-likeness (QED) is 0.838. The third-order valence-electron chi connectivity index (χ3n) is 2.66. The Morgan fingerprint density at radius 3 is 2.87 bits per heavy atom. The molecule has 1 aliphatic rings. The van der Waals surface area contributed by atoms with Crippen LogP contribution in [0.4, 0.5) is 5.13 Å². The molecule has 1 fully saturated rings. The summed E-state index contributed by atoms with van der Waals surface area (Å²) in [6.45, 7) is 6.37. The summed E-state index contributed by atoms with van der Waals surface area (Å²) in [6, 6.07) is 0. The van der Waals surface area contributed by atoms with E-state index in [2.05, 4.69) is 23.7 Å². The van der Waals surface area contributed by atoms with Gasteiger partial charge in [0.05, 0.1) is 0 Å². The summed E-state index contributed by atoms with van der Waals surface area (Å²) >= 11 is 1.41. The minimum atomic E-state index is -0.948. The summed E-state index contributed by atoms with van der Waals surface area (Å²) in [6.07, 6.45) is 1.13. The Morgan fingerprint density at radius 2 is 2.40 bits per heavy atom. The molecular weight excluding hydrogens is 212 g/mol. The average molecular weight is 226 g/mol. The van der Waals surface area contributed by atoms with Gasteiger partial charge in [-0.15, -0.1) is 11.3 Å². The second-order valence-corrected chi connectivity index (χ2v) is 5.49. The van der Waals surface area contributed by atoms with Gasteiger partial charge in [-0.3, -0.25) is 0 Å². The molecule has 0 saturated carbocycles. The summed E-state index contributed by atoms with van der Waals surface area (Å²) in [5.41, 5.74) is 0.467. The second-order valence-electron chi connectivity index (χ2n) is 4.66. The van der Waals surface area contributed by atoms with Gasteiger partial charge < -0.3 is 10.0 Å². The van der Waals surface area contributed by atoms with E-state index in [1.807, 2.05) is 0 Å². The molecule has 4 nitrogen and oxygen atoms in total. The van der Waals surface area contributed by atoms with Crippen LogP contribution in [0.25, 0.3) is 0 Å². The molecule has 0 bridgehead atoms. The van der Waals surface area contributed by atoms with E-state index < -0.39 is 5.97 Å². The second kappa shape index (κ2) is 3.48. The van der Waals surface area contributed by atoms with Gasteiger partial charge in [0.2, 0.25) is 0 Å². The number of hydrogen-bond donors (Lipinski definition) is 1. The Bertz CT molecular complexity index is 387. The SMILES string of the molecule is CC1(C)CCN(c2nc(C(=O)O)cs2)C1. The number of thiazole rings is 1. The summed E-state index contributed by atoms with van der Waals surface area (Å²) in [5, 5.41) is 11.2. The maximum atomic E-state index is 10.7. The maximum Gasteiger partial charge on any atom is 0.355 e. The zero-order valence-corrected chi connectivity index (χ0v) is 9.67. The number of carboxylic acid groups (broad SMARTS) is 1. The van der Waals surface area contributed by atoms with Crippen molar-refractivity contribution in [1.82, 2.24) is 4.98 Å². The van der Waals surface area contributed by atoms with Crippen molar-refractivity contribution < 1.29 is 9.90 Å². The molecule has 2 rings (SSSR count). The molecular formula is C10H14N2O2S. The van der Waals surface area contributed by atoms with Crippen molar-refractivity contribution in [3.8, 4) is 0 Å². The topological polar surface area (TPSA) is 53.4 Å². The predicted molar refractivity (Wildman–Crippen MR) is 59.7 cm³/mol. The Kier molecular flexibility index (Phi) is 2.42. The molecule has 15 heavy (non-hydrogen) atoms. The number of nitrogens with zero attached hydrogens (tertiary/aromatic N) is 2. The lowest BCUT2D eigenvalue weighted by Crippen LogP contribution is -2.22. The number of aromatic carboxylic acids is 1. The van der Waals surface area contributed by atoms with Gasteiger partial charge in [-0.25, -0.2) is 9.78 Å². The van der Waals surface area contributed by atoms with E-state index >= 15 is 0 Å². The largest absolute Gasteiger partial charge is 0.476 e. The standard InChI is InChI=1S/C10H14N2O2S/c1-10(2)3-4-12(6-10)9-11-7(5-15-9)8(13)14/h5H,3-4,6H2,1-2H3,(H,13,14). The van der Waals surface area contributed by atoms with Crippen molar-refractivity contribution in [2.45, 2.75) is 20.3 Å². The highest BCUT2D eigenvalue weighted by atomic mass is 32.1. The van der Waals surface area contributed by atoms with Crippen LogP contribution in [0.5, 0.6) is 0 Å². The molecule has 0 aliphatic carbocycles. The van der Waals surface area contributed by atoms with Gasteiger partial charge in [0.1, 0.15) is 0 Å². The number of anilines is 1. The van der Waals surface area contributed by atoms with E-state index in [0.717, 1.165) is 24.6 Å². The molecule has 1 aromatic heterocycles. The number of rotatable bonds is 2. The predicted octanol–water partition coefficient (Wildman–Crippen LogP) is 2.08.